The zero-order valence-electron chi connectivity index (χ0n) is 12.7. The average Bonchev–Trinajstić information content (AvgIpc) is 2.94. The number of rotatable bonds is 3. The second-order valence-electron chi connectivity index (χ2n) is 5.42. The topological polar surface area (TPSA) is 52.2 Å². The molecule has 0 fully saturated rings. The third kappa shape index (κ3) is 2.57. The highest BCUT2D eigenvalue weighted by molar-refractivity contribution is 7.99. The van der Waals surface area contributed by atoms with E-state index in [4.69, 9.17) is 4.98 Å². The van der Waals surface area contributed by atoms with Gasteiger partial charge in [-0.3, -0.25) is 9.36 Å². The Kier molecular flexibility index (Phi) is 3.90. The van der Waals surface area contributed by atoms with E-state index in [1.54, 1.807) is 11.8 Å². The molecule has 0 saturated heterocycles. The summed E-state index contributed by atoms with van der Waals surface area (Å²) in [7, 11) is 0. The maximum Gasteiger partial charge on any atom is 0.289 e. The number of aryl methyl sites for hydroxylation is 1. The summed E-state index contributed by atoms with van der Waals surface area (Å²) >= 11 is 3.14. The molecule has 1 aromatic carbocycles. The molecule has 7 heteroatoms. The summed E-state index contributed by atoms with van der Waals surface area (Å²) in [6, 6.07) is 10.2. The molecule has 23 heavy (non-hydrogen) atoms. The van der Waals surface area contributed by atoms with E-state index in [1.165, 1.54) is 21.8 Å². The first kappa shape index (κ1) is 14.8. The molecular weight excluding hydrogens is 328 g/mol. The van der Waals surface area contributed by atoms with E-state index in [0.717, 1.165) is 34.3 Å². The van der Waals surface area contributed by atoms with E-state index in [1.807, 2.05) is 29.0 Å². The van der Waals surface area contributed by atoms with Crippen LogP contribution in [0.25, 0.3) is 5.78 Å². The molecule has 5 nitrogen and oxygen atoms in total. The lowest BCUT2D eigenvalue weighted by Crippen LogP contribution is -2.22. The molecular formula is C16H16N4OS2. The molecule has 0 amide bonds. The highest BCUT2D eigenvalue weighted by atomic mass is 32.2. The van der Waals surface area contributed by atoms with Gasteiger partial charge in [0.15, 0.2) is 5.16 Å². The Bertz CT molecular complexity index is 917. The highest BCUT2D eigenvalue weighted by Crippen LogP contribution is 2.26. The van der Waals surface area contributed by atoms with E-state index in [-0.39, 0.29) is 5.56 Å². The SMILES string of the molecule is CSc1nn2c(=O)c3c(nc2n1Cc1ccccc1)CCCS3. The summed E-state index contributed by atoms with van der Waals surface area (Å²) in [5.74, 6) is 1.63. The van der Waals surface area contributed by atoms with Crippen LogP contribution in [0.4, 0.5) is 0 Å². The van der Waals surface area contributed by atoms with Crippen molar-refractivity contribution in [3.8, 4) is 0 Å². The molecule has 0 unspecified atom stereocenters. The fourth-order valence-electron chi connectivity index (χ4n) is 2.80. The third-order valence-corrected chi connectivity index (χ3v) is 5.76. The third-order valence-electron chi connectivity index (χ3n) is 3.90. The lowest BCUT2D eigenvalue weighted by atomic mass is 10.2. The standard InChI is InChI=1S/C16H16N4OS2/c1-22-16-18-20-14(21)13-12(8-5-9-23-13)17-15(20)19(16)10-11-6-3-2-4-7-11/h2-4,6-7H,5,8-10H2,1H3. The Morgan fingerprint density at radius 2 is 2.13 bits per heavy atom. The summed E-state index contributed by atoms with van der Waals surface area (Å²) in [4.78, 5) is 18.3. The van der Waals surface area contributed by atoms with Crippen LogP contribution in [0.1, 0.15) is 17.7 Å². The van der Waals surface area contributed by atoms with Crippen LogP contribution in [0.5, 0.6) is 0 Å². The average molecular weight is 344 g/mol. The minimum absolute atomic E-state index is 0.0307. The van der Waals surface area contributed by atoms with Crippen LogP contribution in [0, 0.1) is 0 Å². The van der Waals surface area contributed by atoms with E-state index >= 15 is 0 Å². The lowest BCUT2D eigenvalue weighted by molar-refractivity contribution is 0.720. The van der Waals surface area contributed by atoms with Crippen LogP contribution in [0.3, 0.4) is 0 Å². The number of fused-ring (bicyclic) bond motifs is 2. The van der Waals surface area contributed by atoms with Crippen LogP contribution >= 0.6 is 23.5 Å². The van der Waals surface area contributed by atoms with Gasteiger partial charge in [0.05, 0.1) is 17.1 Å². The van der Waals surface area contributed by atoms with Crippen LogP contribution in [0.2, 0.25) is 0 Å². The first-order valence-electron chi connectivity index (χ1n) is 7.51. The Labute approximate surface area is 142 Å². The summed E-state index contributed by atoms with van der Waals surface area (Å²) < 4.78 is 3.49. The van der Waals surface area contributed by atoms with Crippen molar-refractivity contribution in [2.24, 2.45) is 0 Å². The van der Waals surface area contributed by atoms with Gasteiger partial charge in [0, 0.05) is 0 Å². The first-order chi connectivity index (χ1) is 11.3. The molecule has 0 spiro atoms. The molecule has 1 aliphatic heterocycles. The van der Waals surface area contributed by atoms with Crippen molar-refractivity contribution in [1.82, 2.24) is 19.2 Å². The molecule has 0 aliphatic carbocycles. The van der Waals surface area contributed by atoms with E-state index in [0.29, 0.717) is 12.3 Å². The maximum absolute atomic E-state index is 12.7. The number of nitrogens with zero attached hydrogens (tertiary/aromatic N) is 4. The molecule has 3 aromatic rings. The molecule has 118 valence electrons. The number of hydrogen-bond acceptors (Lipinski definition) is 5. The van der Waals surface area contributed by atoms with E-state index < -0.39 is 0 Å². The summed E-state index contributed by atoms with van der Waals surface area (Å²) in [6.07, 6.45) is 3.92. The highest BCUT2D eigenvalue weighted by Gasteiger charge is 2.21. The largest absolute Gasteiger partial charge is 0.289 e. The van der Waals surface area contributed by atoms with E-state index in [2.05, 4.69) is 17.2 Å². The second kappa shape index (κ2) is 6.05. The summed E-state index contributed by atoms with van der Waals surface area (Å²) in [5.41, 5.74) is 2.06. The van der Waals surface area contributed by atoms with Crippen molar-refractivity contribution < 1.29 is 0 Å². The monoisotopic (exact) mass is 344 g/mol. The van der Waals surface area contributed by atoms with Gasteiger partial charge < -0.3 is 0 Å². The lowest BCUT2D eigenvalue weighted by Gasteiger charge is -2.13. The molecule has 0 N–H and O–H groups in total. The van der Waals surface area contributed by atoms with Crippen molar-refractivity contribution in [2.45, 2.75) is 29.4 Å². The van der Waals surface area contributed by atoms with Gasteiger partial charge in [0.25, 0.3) is 5.56 Å². The molecule has 0 atom stereocenters. The molecule has 1 aliphatic rings. The van der Waals surface area contributed by atoms with Crippen molar-refractivity contribution in [3.05, 3.63) is 51.9 Å². The van der Waals surface area contributed by atoms with Gasteiger partial charge in [-0.25, -0.2) is 4.98 Å². The van der Waals surface area contributed by atoms with Crippen LogP contribution in [0.15, 0.2) is 45.2 Å². The second-order valence-corrected chi connectivity index (χ2v) is 7.29. The maximum atomic E-state index is 12.7. The predicted molar refractivity (Wildman–Crippen MR) is 93.6 cm³/mol. The first-order valence-corrected chi connectivity index (χ1v) is 9.72. The van der Waals surface area contributed by atoms with E-state index in [9.17, 15) is 4.79 Å². The molecule has 3 heterocycles. The van der Waals surface area contributed by atoms with Gasteiger partial charge in [-0.2, -0.15) is 4.52 Å². The Balaban J connectivity index is 1.92. The normalized spacial score (nSPS) is 14.1. The quantitative estimate of drug-likeness (QED) is 0.684. The zero-order chi connectivity index (χ0) is 15.8. The fourth-order valence-corrected chi connectivity index (χ4v) is 4.35. The fraction of sp³-hybridized carbons (Fsp3) is 0.312. The minimum Gasteiger partial charge on any atom is -0.283 e. The number of aromatic nitrogens is 4. The van der Waals surface area contributed by atoms with Crippen molar-refractivity contribution in [3.63, 3.8) is 0 Å². The Morgan fingerprint density at radius 1 is 1.30 bits per heavy atom. The van der Waals surface area contributed by atoms with Crippen LogP contribution < -0.4 is 5.56 Å². The van der Waals surface area contributed by atoms with Crippen molar-refractivity contribution in [2.75, 3.05) is 12.0 Å². The zero-order valence-corrected chi connectivity index (χ0v) is 14.4. The molecule has 0 saturated carbocycles. The molecule has 2 aromatic heterocycles. The Morgan fingerprint density at radius 3 is 2.91 bits per heavy atom. The van der Waals surface area contributed by atoms with Crippen LogP contribution in [-0.2, 0) is 13.0 Å². The number of hydrogen-bond donors (Lipinski definition) is 0. The van der Waals surface area contributed by atoms with Gasteiger partial charge in [-0.1, -0.05) is 42.1 Å². The smallest absolute Gasteiger partial charge is 0.283 e. The molecule has 0 bridgehead atoms. The van der Waals surface area contributed by atoms with Crippen molar-refractivity contribution in [1.29, 1.82) is 0 Å². The van der Waals surface area contributed by atoms with Gasteiger partial charge in [-0.05, 0) is 30.4 Å². The van der Waals surface area contributed by atoms with Gasteiger partial charge in [0.1, 0.15) is 0 Å². The number of benzene rings is 1. The van der Waals surface area contributed by atoms with Gasteiger partial charge in [0.2, 0.25) is 5.78 Å². The molecule has 4 rings (SSSR count). The van der Waals surface area contributed by atoms with Crippen LogP contribution in [-0.4, -0.2) is 31.2 Å². The summed E-state index contributed by atoms with van der Waals surface area (Å²) in [5, 5.41) is 5.30. The molecule has 0 radical (unpaired) electrons. The minimum atomic E-state index is -0.0307. The van der Waals surface area contributed by atoms with Gasteiger partial charge >= 0.3 is 0 Å². The van der Waals surface area contributed by atoms with Gasteiger partial charge in [-0.15, -0.1) is 16.9 Å². The van der Waals surface area contributed by atoms with Crippen molar-refractivity contribution >= 4 is 29.3 Å². The summed E-state index contributed by atoms with van der Waals surface area (Å²) in [6.45, 7) is 0.666. The number of thioether (sulfide) groups is 2. The predicted octanol–water partition coefficient (Wildman–Crippen LogP) is 2.70. The Hall–Kier alpha value is -1.73.